The Hall–Kier alpha value is -0.410. The van der Waals surface area contributed by atoms with Crippen LogP contribution in [0.5, 0.6) is 0 Å². The molecule has 1 unspecified atom stereocenters. The van der Waals surface area contributed by atoms with E-state index in [0.717, 1.165) is 9.35 Å². The molecule has 0 aromatic carbocycles. The Morgan fingerprint density at radius 2 is 2.50 bits per heavy atom. The van der Waals surface area contributed by atoms with Crippen molar-refractivity contribution in [2.24, 2.45) is 0 Å². The van der Waals surface area contributed by atoms with Gasteiger partial charge in [-0.25, -0.2) is 0 Å². The van der Waals surface area contributed by atoms with Crippen molar-refractivity contribution in [2.45, 2.75) is 12.5 Å². The lowest BCUT2D eigenvalue weighted by molar-refractivity contribution is 0.285. The fourth-order valence-electron chi connectivity index (χ4n) is 1.03. The van der Waals surface area contributed by atoms with Gasteiger partial charge in [0.25, 0.3) is 0 Å². The van der Waals surface area contributed by atoms with Crippen molar-refractivity contribution >= 4 is 27.3 Å². The summed E-state index contributed by atoms with van der Waals surface area (Å²) in [5, 5.41) is 22.6. The Kier molecular flexibility index (Phi) is 5.12. The maximum absolute atomic E-state index is 8.93. The van der Waals surface area contributed by atoms with Crippen LogP contribution in [0.4, 0.5) is 0 Å². The summed E-state index contributed by atoms with van der Waals surface area (Å²) >= 11 is 4.93. The van der Waals surface area contributed by atoms with E-state index in [4.69, 9.17) is 10.4 Å². The molecule has 1 aromatic rings. The Morgan fingerprint density at radius 3 is 3.00 bits per heavy atom. The first-order valence-corrected chi connectivity index (χ1v) is 5.93. The largest absolute Gasteiger partial charge is 0.396 e. The number of hydrogen-bond donors (Lipinski definition) is 2. The molecule has 1 atom stereocenters. The first-order chi connectivity index (χ1) is 6.79. The molecule has 3 nitrogen and oxygen atoms in total. The number of rotatable bonds is 5. The first kappa shape index (κ1) is 11.7. The number of nitriles is 1. The van der Waals surface area contributed by atoms with Gasteiger partial charge in [0.2, 0.25) is 0 Å². The summed E-state index contributed by atoms with van der Waals surface area (Å²) in [5.74, 6) is 0. The van der Waals surface area contributed by atoms with E-state index < -0.39 is 0 Å². The third-order valence-electron chi connectivity index (χ3n) is 1.72. The van der Waals surface area contributed by atoms with Gasteiger partial charge in [0.1, 0.15) is 6.04 Å². The van der Waals surface area contributed by atoms with Crippen molar-refractivity contribution in [3.05, 3.63) is 20.8 Å². The molecule has 0 spiro atoms. The van der Waals surface area contributed by atoms with Gasteiger partial charge in [-0.05, 0) is 40.3 Å². The SMILES string of the molecule is N#CC(NCCCO)c1sccc1Br. The Bertz CT molecular complexity index is 321. The molecule has 0 radical (unpaired) electrons. The molecule has 14 heavy (non-hydrogen) atoms. The number of aliphatic hydroxyl groups is 1. The zero-order chi connectivity index (χ0) is 10.4. The van der Waals surface area contributed by atoms with E-state index in [1.54, 1.807) is 11.3 Å². The van der Waals surface area contributed by atoms with Crippen LogP contribution in [0.25, 0.3) is 0 Å². The van der Waals surface area contributed by atoms with E-state index in [9.17, 15) is 0 Å². The molecule has 76 valence electrons. The van der Waals surface area contributed by atoms with E-state index in [-0.39, 0.29) is 12.6 Å². The second-order valence-electron chi connectivity index (χ2n) is 2.73. The van der Waals surface area contributed by atoms with Crippen LogP contribution >= 0.6 is 27.3 Å². The van der Waals surface area contributed by atoms with E-state index in [1.807, 2.05) is 11.4 Å². The average Bonchev–Trinajstić information content (AvgIpc) is 2.60. The van der Waals surface area contributed by atoms with Crippen molar-refractivity contribution in [3.8, 4) is 6.07 Å². The van der Waals surface area contributed by atoms with Gasteiger partial charge in [-0.3, -0.25) is 5.32 Å². The van der Waals surface area contributed by atoms with Crippen LogP contribution in [0.2, 0.25) is 0 Å². The van der Waals surface area contributed by atoms with Gasteiger partial charge >= 0.3 is 0 Å². The lowest BCUT2D eigenvalue weighted by Gasteiger charge is -2.09. The highest BCUT2D eigenvalue weighted by Crippen LogP contribution is 2.28. The van der Waals surface area contributed by atoms with Crippen LogP contribution in [-0.2, 0) is 0 Å². The summed E-state index contributed by atoms with van der Waals surface area (Å²) in [6.45, 7) is 0.801. The maximum Gasteiger partial charge on any atom is 0.131 e. The molecule has 0 aliphatic rings. The monoisotopic (exact) mass is 274 g/mol. The summed E-state index contributed by atoms with van der Waals surface area (Å²) in [6.07, 6.45) is 0.668. The number of halogens is 1. The van der Waals surface area contributed by atoms with Gasteiger partial charge in [-0.2, -0.15) is 5.26 Å². The third-order valence-corrected chi connectivity index (χ3v) is 3.66. The van der Waals surface area contributed by atoms with Crippen LogP contribution in [0, 0.1) is 11.3 Å². The van der Waals surface area contributed by atoms with Gasteiger partial charge in [0.15, 0.2) is 0 Å². The zero-order valence-electron chi connectivity index (χ0n) is 7.53. The second-order valence-corrected chi connectivity index (χ2v) is 4.53. The zero-order valence-corrected chi connectivity index (χ0v) is 9.94. The topological polar surface area (TPSA) is 56.0 Å². The van der Waals surface area contributed by atoms with Gasteiger partial charge in [0.05, 0.1) is 10.9 Å². The van der Waals surface area contributed by atoms with Gasteiger partial charge in [-0.15, -0.1) is 11.3 Å². The molecule has 0 saturated carbocycles. The lowest BCUT2D eigenvalue weighted by Crippen LogP contribution is -2.21. The van der Waals surface area contributed by atoms with Gasteiger partial charge < -0.3 is 5.11 Å². The fraction of sp³-hybridized carbons (Fsp3) is 0.444. The minimum Gasteiger partial charge on any atom is -0.396 e. The Morgan fingerprint density at radius 1 is 1.71 bits per heavy atom. The molecule has 1 rings (SSSR count). The Balaban J connectivity index is 2.56. The van der Waals surface area contributed by atoms with Crippen LogP contribution in [0.1, 0.15) is 17.3 Å². The molecule has 5 heteroatoms. The predicted octanol–water partition coefficient (Wildman–Crippen LogP) is 2.05. The van der Waals surface area contributed by atoms with Crippen molar-refractivity contribution in [1.82, 2.24) is 5.32 Å². The first-order valence-electron chi connectivity index (χ1n) is 4.26. The summed E-state index contributed by atoms with van der Waals surface area (Å²) in [7, 11) is 0. The highest BCUT2D eigenvalue weighted by Gasteiger charge is 2.13. The number of thiophene rings is 1. The van der Waals surface area contributed by atoms with Crippen LogP contribution in [0.3, 0.4) is 0 Å². The molecule has 0 aliphatic carbocycles. The summed E-state index contributed by atoms with van der Waals surface area (Å²) in [6, 6.07) is 3.84. The predicted molar refractivity (Wildman–Crippen MR) is 60.1 cm³/mol. The van der Waals surface area contributed by atoms with E-state index in [1.165, 1.54) is 0 Å². The molecule has 2 N–H and O–H groups in total. The van der Waals surface area contributed by atoms with Gasteiger partial charge in [-0.1, -0.05) is 0 Å². The summed E-state index contributed by atoms with van der Waals surface area (Å²) < 4.78 is 0.963. The lowest BCUT2D eigenvalue weighted by atomic mass is 10.2. The summed E-state index contributed by atoms with van der Waals surface area (Å²) in [4.78, 5) is 0.991. The van der Waals surface area contributed by atoms with Crippen molar-refractivity contribution in [1.29, 1.82) is 5.26 Å². The van der Waals surface area contributed by atoms with E-state index >= 15 is 0 Å². The summed E-state index contributed by atoms with van der Waals surface area (Å²) in [5.41, 5.74) is 0. The number of hydrogen-bond acceptors (Lipinski definition) is 4. The number of nitrogens with one attached hydrogen (secondary N) is 1. The standard InChI is InChI=1S/C9H11BrN2OS/c10-7-2-5-14-9(7)8(6-11)12-3-1-4-13/h2,5,8,12-13H,1,3-4H2. The number of aliphatic hydroxyl groups excluding tert-OH is 1. The van der Waals surface area contributed by atoms with Gasteiger partial charge in [0, 0.05) is 11.1 Å². The fourth-order valence-corrected chi connectivity index (χ4v) is 2.65. The molecule has 0 bridgehead atoms. The molecule has 0 saturated heterocycles. The normalized spacial score (nSPS) is 12.4. The molecular formula is C9H11BrN2OS. The molecule has 1 aromatic heterocycles. The molecular weight excluding hydrogens is 264 g/mol. The second kappa shape index (κ2) is 6.14. The van der Waals surface area contributed by atoms with Crippen LogP contribution in [0.15, 0.2) is 15.9 Å². The highest BCUT2D eigenvalue weighted by molar-refractivity contribution is 9.10. The number of nitrogens with zero attached hydrogens (tertiary/aromatic N) is 1. The average molecular weight is 275 g/mol. The quantitative estimate of drug-likeness (QED) is 0.809. The van der Waals surface area contributed by atoms with Crippen LogP contribution in [-0.4, -0.2) is 18.3 Å². The molecule has 0 aliphatic heterocycles. The van der Waals surface area contributed by atoms with E-state index in [2.05, 4.69) is 27.3 Å². The van der Waals surface area contributed by atoms with Crippen LogP contribution < -0.4 is 5.32 Å². The van der Waals surface area contributed by atoms with Crippen molar-refractivity contribution in [2.75, 3.05) is 13.2 Å². The highest BCUT2D eigenvalue weighted by atomic mass is 79.9. The maximum atomic E-state index is 8.93. The minimum absolute atomic E-state index is 0.150. The van der Waals surface area contributed by atoms with E-state index in [0.29, 0.717) is 13.0 Å². The Labute approximate surface area is 95.5 Å². The smallest absolute Gasteiger partial charge is 0.131 e. The van der Waals surface area contributed by atoms with Crippen molar-refractivity contribution < 1.29 is 5.11 Å². The molecule has 1 heterocycles. The third kappa shape index (κ3) is 3.07. The minimum atomic E-state index is -0.282. The van der Waals surface area contributed by atoms with Crippen molar-refractivity contribution in [3.63, 3.8) is 0 Å². The molecule has 0 fully saturated rings. The molecule has 0 amide bonds.